The van der Waals surface area contributed by atoms with E-state index in [1.165, 1.54) is 48.7 Å². The number of aromatic hydroxyl groups is 1. The van der Waals surface area contributed by atoms with Crippen molar-refractivity contribution in [2.45, 2.75) is 0 Å². The molecule has 8 heteroatoms. The van der Waals surface area contributed by atoms with Crippen molar-refractivity contribution in [2.24, 2.45) is 5.10 Å². The largest absolute Gasteiger partial charge is 0.508 e. The van der Waals surface area contributed by atoms with Crippen molar-refractivity contribution in [3.63, 3.8) is 0 Å². The third-order valence-corrected chi connectivity index (χ3v) is 3.38. The smallest absolute Gasteiger partial charge is 0.346 e. The number of H-pyrrole nitrogens is 1. The quantitative estimate of drug-likeness (QED) is 0.493. The van der Waals surface area contributed by atoms with Gasteiger partial charge in [-0.1, -0.05) is 12.1 Å². The van der Waals surface area contributed by atoms with Crippen LogP contribution in [0.5, 0.6) is 5.75 Å². The number of hydrazone groups is 1. The van der Waals surface area contributed by atoms with E-state index in [4.69, 9.17) is 0 Å². The number of hydrogen-bond donors (Lipinski definition) is 3. The fourth-order valence-corrected chi connectivity index (χ4v) is 2.18. The molecule has 0 aliphatic carbocycles. The highest BCUT2D eigenvalue weighted by Gasteiger charge is 2.10. The van der Waals surface area contributed by atoms with Crippen molar-refractivity contribution in [3.05, 3.63) is 82.2 Å². The summed E-state index contributed by atoms with van der Waals surface area (Å²) in [5, 5.41) is 13.1. The number of benzene rings is 2. The minimum Gasteiger partial charge on any atom is -0.508 e. The number of halogens is 1. The Morgan fingerprint density at radius 2 is 1.96 bits per heavy atom. The van der Waals surface area contributed by atoms with E-state index >= 15 is 0 Å². The summed E-state index contributed by atoms with van der Waals surface area (Å²) in [5.74, 6) is -0.996. The van der Waals surface area contributed by atoms with E-state index in [0.29, 0.717) is 11.1 Å². The maximum atomic E-state index is 13.0. The summed E-state index contributed by atoms with van der Waals surface area (Å²) >= 11 is 0. The fraction of sp³-hybridized carbons (Fsp3) is 0. The van der Waals surface area contributed by atoms with Gasteiger partial charge in [0, 0.05) is 5.56 Å². The maximum absolute atomic E-state index is 13.0. The zero-order valence-electron chi connectivity index (χ0n) is 13.3. The predicted molar refractivity (Wildman–Crippen MR) is 93.4 cm³/mol. The van der Waals surface area contributed by atoms with Gasteiger partial charge in [0.2, 0.25) is 0 Å². The van der Waals surface area contributed by atoms with E-state index in [9.17, 15) is 19.1 Å². The molecule has 0 aliphatic rings. The normalized spacial score (nSPS) is 10.8. The first-order valence-corrected chi connectivity index (χ1v) is 7.51. The van der Waals surface area contributed by atoms with Crippen molar-refractivity contribution in [1.29, 1.82) is 0 Å². The van der Waals surface area contributed by atoms with Crippen molar-refractivity contribution >= 4 is 12.1 Å². The number of carbonyl (C=O) groups is 1. The van der Waals surface area contributed by atoms with Crippen LogP contribution >= 0.6 is 0 Å². The van der Waals surface area contributed by atoms with E-state index < -0.39 is 17.4 Å². The summed E-state index contributed by atoms with van der Waals surface area (Å²) in [6.07, 6.45) is 1.35. The average Bonchev–Trinajstić information content (AvgIpc) is 2.62. The van der Waals surface area contributed by atoms with E-state index in [0.717, 1.165) is 0 Å². The van der Waals surface area contributed by atoms with Crippen LogP contribution in [0.2, 0.25) is 0 Å². The minimum atomic E-state index is -0.714. The Bertz CT molecular complexity index is 1030. The van der Waals surface area contributed by atoms with Crippen LogP contribution in [0.1, 0.15) is 16.1 Å². The average molecular weight is 352 g/mol. The van der Waals surface area contributed by atoms with Crippen LogP contribution in [0.4, 0.5) is 4.39 Å². The number of rotatable bonds is 4. The van der Waals surface area contributed by atoms with Crippen LogP contribution in [-0.2, 0) is 0 Å². The molecule has 7 nitrogen and oxygen atoms in total. The standard InChI is InChI=1S/C18H13FN4O3/c19-13-6-4-12(5-7-13)15-9-16(22-18(26)21-15)17(25)23-20-10-11-2-1-3-14(24)8-11/h1-10,24H,(H,23,25)(H,21,22,26)/b20-10+. The van der Waals surface area contributed by atoms with Crippen molar-refractivity contribution in [1.82, 2.24) is 15.4 Å². The number of aromatic amines is 1. The van der Waals surface area contributed by atoms with Crippen molar-refractivity contribution in [2.75, 3.05) is 0 Å². The van der Waals surface area contributed by atoms with Crippen LogP contribution in [-0.4, -0.2) is 27.2 Å². The lowest BCUT2D eigenvalue weighted by Crippen LogP contribution is -2.24. The highest BCUT2D eigenvalue weighted by atomic mass is 19.1. The number of carbonyl (C=O) groups excluding carboxylic acids is 1. The second-order valence-corrected chi connectivity index (χ2v) is 5.29. The minimum absolute atomic E-state index is 0.0441. The molecule has 26 heavy (non-hydrogen) atoms. The zero-order chi connectivity index (χ0) is 18.5. The van der Waals surface area contributed by atoms with Gasteiger partial charge in [-0.15, -0.1) is 0 Å². The van der Waals surface area contributed by atoms with Gasteiger partial charge in [-0.2, -0.15) is 10.1 Å². The molecular formula is C18H13FN4O3. The SMILES string of the molecule is O=C(N/N=C/c1cccc(O)c1)c1cc(-c2ccc(F)cc2)nc(=O)[nH]1. The molecule has 130 valence electrons. The van der Waals surface area contributed by atoms with Crippen molar-refractivity contribution in [3.8, 4) is 17.0 Å². The van der Waals surface area contributed by atoms with E-state index in [1.807, 2.05) is 0 Å². The number of aromatic nitrogens is 2. The van der Waals surface area contributed by atoms with E-state index in [1.54, 1.807) is 12.1 Å². The molecule has 3 aromatic rings. The first-order valence-electron chi connectivity index (χ1n) is 7.51. The van der Waals surface area contributed by atoms with Crippen LogP contribution in [0.15, 0.2) is 64.5 Å². The summed E-state index contributed by atoms with van der Waals surface area (Å²) < 4.78 is 13.0. The second-order valence-electron chi connectivity index (χ2n) is 5.29. The number of phenolic OH excluding ortho intramolecular Hbond substituents is 1. The van der Waals surface area contributed by atoms with Gasteiger partial charge in [0.05, 0.1) is 11.9 Å². The summed E-state index contributed by atoms with van der Waals surface area (Å²) in [6.45, 7) is 0. The molecule has 0 saturated carbocycles. The number of amides is 1. The molecule has 0 radical (unpaired) electrons. The van der Waals surface area contributed by atoms with Gasteiger partial charge in [-0.3, -0.25) is 4.79 Å². The molecule has 0 aliphatic heterocycles. The number of hydrogen-bond acceptors (Lipinski definition) is 5. The maximum Gasteiger partial charge on any atom is 0.346 e. The molecule has 2 aromatic carbocycles. The van der Waals surface area contributed by atoms with Gasteiger partial charge in [0.25, 0.3) is 5.91 Å². The molecule has 0 spiro atoms. The highest BCUT2D eigenvalue weighted by molar-refractivity contribution is 5.93. The van der Waals surface area contributed by atoms with E-state index in [-0.39, 0.29) is 17.1 Å². The first-order chi connectivity index (χ1) is 12.5. The summed E-state index contributed by atoms with van der Waals surface area (Å²) in [7, 11) is 0. The molecule has 3 rings (SSSR count). The third kappa shape index (κ3) is 4.18. The Balaban J connectivity index is 1.79. The lowest BCUT2D eigenvalue weighted by Gasteiger charge is -2.04. The lowest BCUT2D eigenvalue weighted by atomic mass is 10.1. The van der Waals surface area contributed by atoms with Crippen LogP contribution < -0.4 is 11.1 Å². The first kappa shape index (κ1) is 17.0. The third-order valence-electron chi connectivity index (χ3n) is 3.38. The molecule has 0 saturated heterocycles. The Morgan fingerprint density at radius 1 is 1.19 bits per heavy atom. The molecule has 1 heterocycles. The molecule has 0 atom stereocenters. The topological polar surface area (TPSA) is 107 Å². The molecule has 0 unspecified atom stereocenters. The molecule has 0 bridgehead atoms. The Morgan fingerprint density at radius 3 is 2.69 bits per heavy atom. The van der Waals surface area contributed by atoms with Crippen LogP contribution in [0, 0.1) is 5.82 Å². The summed E-state index contributed by atoms with van der Waals surface area (Å²) in [6, 6.07) is 13.1. The molecule has 1 amide bonds. The van der Waals surface area contributed by atoms with Gasteiger partial charge < -0.3 is 10.1 Å². The Kier molecular flexibility index (Phi) is 4.84. The van der Waals surface area contributed by atoms with Crippen LogP contribution in [0.25, 0.3) is 11.3 Å². The van der Waals surface area contributed by atoms with E-state index in [2.05, 4.69) is 20.5 Å². The van der Waals surface area contributed by atoms with Crippen LogP contribution in [0.3, 0.4) is 0 Å². The molecule has 1 aromatic heterocycles. The number of phenols is 1. The van der Waals surface area contributed by atoms with Gasteiger partial charge in [0.1, 0.15) is 17.3 Å². The highest BCUT2D eigenvalue weighted by Crippen LogP contribution is 2.16. The Hall–Kier alpha value is -3.81. The fourth-order valence-electron chi connectivity index (χ4n) is 2.18. The zero-order valence-corrected chi connectivity index (χ0v) is 13.3. The predicted octanol–water partition coefficient (Wildman–Crippen LogP) is 2.05. The lowest BCUT2D eigenvalue weighted by molar-refractivity contribution is 0.0949. The number of nitrogens with zero attached hydrogens (tertiary/aromatic N) is 2. The van der Waals surface area contributed by atoms with Gasteiger partial charge in [-0.25, -0.2) is 14.6 Å². The monoisotopic (exact) mass is 352 g/mol. The Labute approximate surface area is 146 Å². The van der Waals surface area contributed by atoms with Gasteiger partial charge in [-0.05, 0) is 48.0 Å². The second kappa shape index (κ2) is 7.39. The van der Waals surface area contributed by atoms with Gasteiger partial charge >= 0.3 is 5.69 Å². The molecule has 0 fully saturated rings. The summed E-state index contributed by atoms with van der Waals surface area (Å²) in [4.78, 5) is 30.0. The van der Waals surface area contributed by atoms with Gasteiger partial charge in [0.15, 0.2) is 0 Å². The van der Waals surface area contributed by atoms with Crippen molar-refractivity contribution < 1.29 is 14.3 Å². The molecular weight excluding hydrogens is 339 g/mol. The summed E-state index contributed by atoms with van der Waals surface area (Å²) in [5.41, 5.74) is 2.83. The molecule has 3 N–H and O–H groups in total. The number of nitrogens with one attached hydrogen (secondary N) is 2.